The second kappa shape index (κ2) is 6.15. The maximum Gasteiger partial charge on any atom is 0.253 e. The lowest BCUT2D eigenvalue weighted by molar-refractivity contribution is -0.130. The van der Waals surface area contributed by atoms with Crippen LogP contribution in [0.2, 0.25) is 0 Å². The Kier molecular flexibility index (Phi) is 4.53. The van der Waals surface area contributed by atoms with Gasteiger partial charge in [-0.2, -0.15) is 0 Å². The normalized spacial score (nSPS) is 18.1. The van der Waals surface area contributed by atoms with Crippen LogP contribution in [-0.2, 0) is 4.79 Å². The van der Waals surface area contributed by atoms with E-state index in [1.54, 1.807) is 6.92 Å². The Labute approximate surface area is 112 Å². The fourth-order valence-electron chi connectivity index (χ4n) is 2.52. The molecule has 104 valence electrons. The molecule has 1 amide bonds. The summed E-state index contributed by atoms with van der Waals surface area (Å²) in [5.74, 6) is -0.721. The molecule has 1 unspecified atom stereocenters. The topological polar surface area (TPSA) is 49.3 Å². The zero-order valence-electron chi connectivity index (χ0n) is 11.2. The molecule has 1 aromatic rings. The maximum absolute atomic E-state index is 13.2. The molecule has 0 radical (unpaired) electrons. The number of benzene rings is 1. The highest BCUT2D eigenvalue weighted by atomic mass is 19.1. The summed E-state index contributed by atoms with van der Waals surface area (Å²) < 4.78 is 13.2. The predicted molar refractivity (Wildman–Crippen MR) is 71.1 cm³/mol. The third kappa shape index (κ3) is 3.53. The molecule has 0 aliphatic heterocycles. The molecule has 1 atom stereocenters. The molecule has 19 heavy (non-hydrogen) atoms. The van der Waals surface area contributed by atoms with E-state index in [0.29, 0.717) is 11.1 Å². The van der Waals surface area contributed by atoms with Gasteiger partial charge >= 0.3 is 0 Å². The third-order valence-corrected chi connectivity index (χ3v) is 3.70. The molecular weight excluding hydrogens is 245 g/mol. The zero-order valence-corrected chi connectivity index (χ0v) is 11.2. The van der Waals surface area contributed by atoms with Crippen molar-refractivity contribution >= 4 is 5.91 Å². The summed E-state index contributed by atoms with van der Waals surface area (Å²) in [6.07, 6.45) is 4.18. The first-order valence-electron chi connectivity index (χ1n) is 6.82. The second-order valence-corrected chi connectivity index (χ2v) is 5.25. The number of nitrogens with one attached hydrogen (secondary N) is 1. The van der Waals surface area contributed by atoms with Gasteiger partial charge in [-0.05, 0) is 37.0 Å². The van der Waals surface area contributed by atoms with Crippen molar-refractivity contribution in [3.63, 3.8) is 0 Å². The SMILES string of the molecule is Cc1cc(C(O)C(=O)NC2CCCCC2)ccc1F. The number of aliphatic hydroxyl groups is 1. The Morgan fingerprint density at radius 3 is 2.68 bits per heavy atom. The Balaban J connectivity index is 1.99. The van der Waals surface area contributed by atoms with E-state index in [2.05, 4.69) is 5.32 Å². The average molecular weight is 265 g/mol. The first-order valence-corrected chi connectivity index (χ1v) is 6.82. The van der Waals surface area contributed by atoms with Crippen molar-refractivity contribution in [3.05, 3.63) is 35.1 Å². The molecule has 0 heterocycles. The Bertz CT molecular complexity index is 455. The highest BCUT2D eigenvalue weighted by Crippen LogP contribution is 2.20. The number of halogens is 1. The Morgan fingerprint density at radius 2 is 2.05 bits per heavy atom. The lowest BCUT2D eigenvalue weighted by Crippen LogP contribution is -2.39. The Hall–Kier alpha value is -1.42. The molecule has 1 saturated carbocycles. The molecule has 0 bridgehead atoms. The van der Waals surface area contributed by atoms with Crippen molar-refractivity contribution in [1.29, 1.82) is 0 Å². The molecule has 0 saturated heterocycles. The molecule has 2 N–H and O–H groups in total. The summed E-state index contributed by atoms with van der Waals surface area (Å²) in [5.41, 5.74) is 0.870. The van der Waals surface area contributed by atoms with Crippen LogP contribution in [0.1, 0.15) is 49.3 Å². The minimum absolute atomic E-state index is 0.164. The molecule has 0 spiro atoms. The van der Waals surface area contributed by atoms with Crippen LogP contribution in [0.25, 0.3) is 0 Å². The minimum Gasteiger partial charge on any atom is -0.378 e. The quantitative estimate of drug-likeness (QED) is 0.882. The summed E-state index contributed by atoms with van der Waals surface area (Å²) in [6.45, 7) is 1.62. The minimum atomic E-state index is -1.22. The van der Waals surface area contributed by atoms with Crippen molar-refractivity contribution in [1.82, 2.24) is 5.32 Å². The van der Waals surface area contributed by atoms with Gasteiger partial charge < -0.3 is 10.4 Å². The van der Waals surface area contributed by atoms with Crippen LogP contribution in [0.15, 0.2) is 18.2 Å². The number of carbonyl (C=O) groups is 1. The van der Waals surface area contributed by atoms with E-state index in [0.717, 1.165) is 25.7 Å². The van der Waals surface area contributed by atoms with E-state index in [1.165, 1.54) is 24.6 Å². The van der Waals surface area contributed by atoms with Crippen LogP contribution < -0.4 is 5.32 Å². The van der Waals surface area contributed by atoms with Crippen molar-refractivity contribution < 1.29 is 14.3 Å². The largest absolute Gasteiger partial charge is 0.378 e. The van der Waals surface area contributed by atoms with Gasteiger partial charge in [0.2, 0.25) is 0 Å². The highest BCUT2D eigenvalue weighted by molar-refractivity contribution is 5.82. The fourth-order valence-corrected chi connectivity index (χ4v) is 2.52. The predicted octanol–water partition coefficient (Wildman–Crippen LogP) is 2.62. The van der Waals surface area contributed by atoms with Gasteiger partial charge in [-0.15, -0.1) is 0 Å². The number of aryl methyl sites for hydroxylation is 1. The number of hydrogen-bond acceptors (Lipinski definition) is 2. The van der Waals surface area contributed by atoms with E-state index in [9.17, 15) is 14.3 Å². The second-order valence-electron chi connectivity index (χ2n) is 5.25. The molecule has 4 heteroatoms. The van der Waals surface area contributed by atoms with Gasteiger partial charge in [-0.1, -0.05) is 31.4 Å². The molecule has 0 aromatic heterocycles. The van der Waals surface area contributed by atoms with E-state index in [-0.39, 0.29) is 11.9 Å². The number of rotatable bonds is 3. The van der Waals surface area contributed by atoms with Gasteiger partial charge in [0.1, 0.15) is 5.82 Å². The number of carbonyl (C=O) groups excluding carboxylic acids is 1. The first kappa shape index (κ1) is 14.0. The highest BCUT2D eigenvalue weighted by Gasteiger charge is 2.22. The van der Waals surface area contributed by atoms with Crippen LogP contribution >= 0.6 is 0 Å². The lowest BCUT2D eigenvalue weighted by atomic mass is 9.95. The molecule has 3 nitrogen and oxygen atoms in total. The van der Waals surface area contributed by atoms with Gasteiger partial charge in [-0.3, -0.25) is 4.79 Å². The van der Waals surface area contributed by atoms with Crippen molar-refractivity contribution in [2.45, 2.75) is 51.2 Å². The summed E-state index contributed by atoms with van der Waals surface area (Å²) in [4.78, 5) is 12.0. The van der Waals surface area contributed by atoms with Gasteiger partial charge in [-0.25, -0.2) is 4.39 Å². The van der Waals surface area contributed by atoms with E-state index >= 15 is 0 Å². The molecule has 1 fully saturated rings. The van der Waals surface area contributed by atoms with Crippen LogP contribution in [0.5, 0.6) is 0 Å². The summed E-state index contributed by atoms with van der Waals surface area (Å²) in [6, 6.07) is 4.41. The lowest BCUT2D eigenvalue weighted by Gasteiger charge is -2.24. The van der Waals surface area contributed by atoms with E-state index in [4.69, 9.17) is 0 Å². The van der Waals surface area contributed by atoms with Gasteiger partial charge in [0.15, 0.2) is 6.10 Å². The standard InChI is InChI=1S/C15H20FNO2/c1-10-9-11(7-8-13(10)16)14(18)15(19)17-12-5-3-2-4-6-12/h7-9,12,14,18H,2-6H2,1H3,(H,17,19). The van der Waals surface area contributed by atoms with Crippen LogP contribution in [0, 0.1) is 12.7 Å². The summed E-state index contributed by atoms with van der Waals surface area (Å²) in [5, 5.41) is 12.9. The molecule has 1 aliphatic carbocycles. The van der Waals surface area contributed by atoms with Crippen LogP contribution in [-0.4, -0.2) is 17.1 Å². The van der Waals surface area contributed by atoms with Crippen LogP contribution in [0.4, 0.5) is 4.39 Å². The summed E-state index contributed by atoms with van der Waals surface area (Å²) in [7, 11) is 0. The first-order chi connectivity index (χ1) is 9.08. The van der Waals surface area contributed by atoms with Gasteiger partial charge in [0.05, 0.1) is 0 Å². The van der Waals surface area contributed by atoms with Crippen LogP contribution in [0.3, 0.4) is 0 Å². The van der Waals surface area contributed by atoms with E-state index < -0.39 is 12.0 Å². The maximum atomic E-state index is 13.2. The third-order valence-electron chi connectivity index (χ3n) is 3.70. The smallest absolute Gasteiger partial charge is 0.253 e. The van der Waals surface area contributed by atoms with Crippen molar-refractivity contribution in [2.24, 2.45) is 0 Å². The number of amides is 1. The molecule has 1 aliphatic rings. The number of hydrogen-bond donors (Lipinski definition) is 2. The monoisotopic (exact) mass is 265 g/mol. The summed E-state index contributed by atoms with van der Waals surface area (Å²) >= 11 is 0. The molecule has 2 rings (SSSR count). The average Bonchev–Trinajstić information content (AvgIpc) is 2.42. The Morgan fingerprint density at radius 1 is 1.37 bits per heavy atom. The van der Waals surface area contributed by atoms with E-state index in [1.807, 2.05) is 0 Å². The van der Waals surface area contributed by atoms with Crippen molar-refractivity contribution in [2.75, 3.05) is 0 Å². The fraction of sp³-hybridized carbons (Fsp3) is 0.533. The number of aliphatic hydroxyl groups excluding tert-OH is 1. The van der Waals surface area contributed by atoms with Gasteiger partial charge in [0.25, 0.3) is 5.91 Å². The van der Waals surface area contributed by atoms with Gasteiger partial charge in [0, 0.05) is 6.04 Å². The zero-order chi connectivity index (χ0) is 13.8. The molecular formula is C15H20FNO2. The van der Waals surface area contributed by atoms with Crippen molar-refractivity contribution in [3.8, 4) is 0 Å². The molecule has 1 aromatic carbocycles.